The predicted molar refractivity (Wildman–Crippen MR) is 211 cm³/mol. The van der Waals surface area contributed by atoms with Crippen molar-refractivity contribution in [2.45, 2.75) is 0 Å². The van der Waals surface area contributed by atoms with Crippen molar-refractivity contribution in [2.75, 3.05) is 0 Å². The van der Waals surface area contributed by atoms with Crippen LogP contribution in [0.5, 0.6) is 0 Å². The molecule has 0 amide bonds. The summed E-state index contributed by atoms with van der Waals surface area (Å²) in [7, 11) is 0. The molecule has 0 spiro atoms. The fraction of sp³-hybridized carbons (Fsp3) is 0. The molecule has 4 aromatic heterocycles. The molecule has 242 valence electrons. The Hall–Kier alpha value is -7.18. The molecule has 0 aliphatic heterocycles. The highest BCUT2D eigenvalue weighted by atomic mass is 16.4. The van der Waals surface area contributed by atoms with Gasteiger partial charge in [-0.05, 0) is 94.3 Å². The van der Waals surface area contributed by atoms with E-state index >= 15 is 0 Å². The van der Waals surface area contributed by atoms with E-state index in [2.05, 4.69) is 143 Å². The largest absolute Gasteiger partial charge is 0.436 e. The summed E-state index contributed by atoms with van der Waals surface area (Å²) in [6.45, 7) is 0. The van der Waals surface area contributed by atoms with Crippen LogP contribution in [-0.2, 0) is 0 Å². The van der Waals surface area contributed by atoms with E-state index < -0.39 is 0 Å². The summed E-state index contributed by atoms with van der Waals surface area (Å²) in [5, 5.41) is 9.58. The van der Waals surface area contributed by atoms with E-state index in [1.807, 2.05) is 24.3 Å². The van der Waals surface area contributed by atoms with E-state index in [0.717, 1.165) is 60.7 Å². The number of hydrogen-bond donors (Lipinski definition) is 0. The maximum Gasteiger partial charge on any atom is 0.307 e. The minimum atomic E-state index is 0.523. The van der Waals surface area contributed by atoms with E-state index in [4.69, 9.17) is 18.8 Å². The fourth-order valence-electron chi connectivity index (χ4n) is 8.12. The van der Waals surface area contributed by atoms with Crippen LogP contribution in [0.2, 0.25) is 0 Å². The Labute approximate surface area is 295 Å². The summed E-state index contributed by atoms with van der Waals surface area (Å²) < 4.78 is 17.2. The topological polar surface area (TPSA) is 61.9 Å². The zero-order valence-corrected chi connectivity index (χ0v) is 27.6. The summed E-state index contributed by atoms with van der Waals surface area (Å²) in [4.78, 5) is 10.0. The Morgan fingerprint density at radius 2 is 0.923 bits per heavy atom. The number of para-hydroxylation sites is 2. The van der Waals surface area contributed by atoms with E-state index in [1.165, 1.54) is 32.3 Å². The molecule has 52 heavy (non-hydrogen) atoms. The second-order valence-corrected chi connectivity index (χ2v) is 13.5. The van der Waals surface area contributed by atoms with Crippen molar-refractivity contribution < 1.29 is 8.83 Å². The molecule has 0 aliphatic rings. The Kier molecular flexibility index (Phi) is 5.41. The third-order valence-electron chi connectivity index (χ3n) is 10.5. The maximum absolute atomic E-state index is 6.44. The number of oxazole rings is 2. The lowest BCUT2D eigenvalue weighted by Gasteiger charge is -2.08. The number of rotatable bonds is 3. The van der Waals surface area contributed by atoms with Crippen LogP contribution in [0.3, 0.4) is 0 Å². The Bertz CT molecular complexity index is 3280. The van der Waals surface area contributed by atoms with Crippen molar-refractivity contribution in [1.82, 2.24) is 19.1 Å². The second-order valence-electron chi connectivity index (χ2n) is 13.5. The van der Waals surface area contributed by atoms with Gasteiger partial charge in [-0.1, -0.05) is 84.9 Å². The first kappa shape index (κ1) is 27.6. The zero-order chi connectivity index (χ0) is 33.9. The van der Waals surface area contributed by atoms with Gasteiger partial charge in [-0.3, -0.25) is 4.57 Å². The molecule has 6 nitrogen and oxygen atoms in total. The van der Waals surface area contributed by atoms with Gasteiger partial charge in [0, 0.05) is 32.8 Å². The molecule has 12 aromatic rings. The average Bonchev–Trinajstić information content (AvgIpc) is 3.96. The van der Waals surface area contributed by atoms with E-state index in [9.17, 15) is 0 Å². The molecule has 0 fully saturated rings. The molecule has 0 unspecified atom stereocenters. The molecule has 0 radical (unpaired) electrons. The molecule has 12 rings (SSSR count). The van der Waals surface area contributed by atoms with Crippen LogP contribution < -0.4 is 0 Å². The number of nitrogens with zero attached hydrogens (tertiary/aromatic N) is 4. The molecule has 6 heteroatoms. The van der Waals surface area contributed by atoms with Crippen molar-refractivity contribution in [2.24, 2.45) is 0 Å². The van der Waals surface area contributed by atoms with Gasteiger partial charge in [0.15, 0.2) is 11.2 Å². The number of hydrogen-bond acceptors (Lipinski definition) is 4. The molecule has 0 N–H and O–H groups in total. The van der Waals surface area contributed by atoms with E-state index in [1.54, 1.807) is 0 Å². The van der Waals surface area contributed by atoms with E-state index in [0.29, 0.717) is 17.5 Å². The summed E-state index contributed by atoms with van der Waals surface area (Å²) in [5.74, 6) is 0.537. The minimum Gasteiger partial charge on any atom is -0.436 e. The lowest BCUT2D eigenvalue weighted by molar-refractivity contribution is 0.574. The smallest absolute Gasteiger partial charge is 0.307 e. The summed E-state index contributed by atoms with van der Waals surface area (Å²) >= 11 is 0. The SMILES string of the molecule is c1ccc2cc3c(cc2c1)c1ccccc1n3-c1ccc2oc(-c3ccc4oc(-n5c6ccccc6c6cc7ccccc7cc65)nc4c3)nc2c1. The lowest BCUT2D eigenvalue weighted by Crippen LogP contribution is -1.93. The fourth-order valence-corrected chi connectivity index (χ4v) is 8.12. The van der Waals surface area contributed by atoms with Crippen LogP contribution in [0.25, 0.3) is 111 Å². The standard InChI is InChI=1S/C46H26N4O2/c1-3-11-29-24-41-35(21-27(29)9-1)33-13-5-7-15-39(33)49(41)32-18-20-43-38(26-32)47-45(51-43)31-17-19-44-37(23-31)48-46(52-44)50-40-16-8-6-14-34(40)36-22-28-10-2-4-12-30(28)25-42(36)50/h1-26H. The van der Waals surface area contributed by atoms with Crippen molar-refractivity contribution in [3.8, 4) is 23.2 Å². The number of benzene rings is 8. The normalized spacial score (nSPS) is 12.2. The molecule has 0 aliphatic carbocycles. The Morgan fingerprint density at radius 3 is 1.62 bits per heavy atom. The third kappa shape index (κ3) is 3.89. The van der Waals surface area contributed by atoms with Gasteiger partial charge in [-0.25, -0.2) is 4.98 Å². The van der Waals surface area contributed by atoms with Gasteiger partial charge in [-0.15, -0.1) is 0 Å². The molecule has 8 aromatic carbocycles. The molecular formula is C46H26N4O2. The monoisotopic (exact) mass is 666 g/mol. The first-order chi connectivity index (χ1) is 25.7. The molecular weight excluding hydrogens is 641 g/mol. The van der Waals surface area contributed by atoms with Gasteiger partial charge < -0.3 is 13.4 Å². The van der Waals surface area contributed by atoms with Gasteiger partial charge in [0.1, 0.15) is 11.0 Å². The lowest BCUT2D eigenvalue weighted by atomic mass is 10.1. The average molecular weight is 667 g/mol. The van der Waals surface area contributed by atoms with Gasteiger partial charge in [0.2, 0.25) is 5.89 Å². The predicted octanol–water partition coefficient (Wildman–Crippen LogP) is 12.1. The zero-order valence-electron chi connectivity index (χ0n) is 27.6. The van der Waals surface area contributed by atoms with Gasteiger partial charge in [-0.2, -0.15) is 4.98 Å². The highest BCUT2D eigenvalue weighted by molar-refractivity contribution is 6.14. The summed E-state index contributed by atoms with van der Waals surface area (Å²) in [6.07, 6.45) is 0. The third-order valence-corrected chi connectivity index (χ3v) is 10.5. The Morgan fingerprint density at radius 1 is 0.385 bits per heavy atom. The highest BCUT2D eigenvalue weighted by Crippen LogP contribution is 2.38. The molecule has 0 atom stereocenters. The van der Waals surface area contributed by atoms with Gasteiger partial charge in [0.05, 0.1) is 22.1 Å². The Balaban J connectivity index is 0.980. The van der Waals surface area contributed by atoms with Crippen LogP contribution in [0, 0.1) is 0 Å². The molecule has 0 saturated carbocycles. The first-order valence-corrected chi connectivity index (χ1v) is 17.4. The van der Waals surface area contributed by atoms with E-state index in [-0.39, 0.29) is 0 Å². The second kappa shape index (κ2) is 10.2. The van der Waals surface area contributed by atoms with Crippen LogP contribution in [0.4, 0.5) is 0 Å². The van der Waals surface area contributed by atoms with Gasteiger partial charge >= 0.3 is 6.01 Å². The van der Waals surface area contributed by atoms with Crippen LogP contribution in [0.1, 0.15) is 0 Å². The first-order valence-electron chi connectivity index (χ1n) is 17.4. The molecule has 4 heterocycles. The number of aromatic nitrogens is 4. The van der Waals surface area contributed by atoms with Crippen molar-refractivity contribution in [3.05, 3.63) is 158 Å². The van der Waals surface area contributed by atoms with Crippen LogP contribution in [-0.4, -0.2) is 19.1 Å². The molecule has 0 bridgehead atoms. The highest BCUT2D eigenvalue weighted by Gasteiger charge is 2.19. The van der Waals surface area contributed by atoms with Gasteiger partial charge in [0.25, 0.3) is 0 Å². The van der Waals surface area contributed by atoms with Crippen molar-refractivity contribution in [1.29, 1.82) is 0 Å². The molecule has 0 saturated heterocycles. The number of fused-ring (bicyclic) bond motifs is 10. The minimum absolute atomic E-state index is 0.523. The summed E-state index contributed by atoms with van der Waals surface area (Å²) in [6, 6.07) is 55.7. The van der Waals surface area contributed by atoms with Crippen molar-refractivity contribution in [3.63, 3.8) is 0 Å². The maximum atomic E-state index is 6.44. The van der Waals surface area contributed by atoms with Crippen LogP contribution >= 0.6 is 0 Å². The van der Waals surface area contributed by atoms with Crippen molar-refractivity contribution >= 4 is 87.4 Å². The summed E-state index contributed by atoms with van der Waals surface area (Å²) in [5.41, 5.74) is 9.23. The van der Waals surface area contributed by atoms with Crippen LogP contribution in [0.15, 0.2) is 167 Å². The quantitative estimate of drug-likeness (QED) is 0.188.